The number of nitrogen functional groups attached to an aromatic ring is 1. The maximum Gasteiger partial charge on any atom is 1.00 e. The molecule has 1 aromatic heterocycles. The van der Waals surface area contributed by atoms with Crippen molar-refractivity contribution in [2.24, 2.45) is 0 Å². The van der Waals surface area contributed by atoms with Gasteiger partial charge >= 0.3 is 51.4 Å². The predicted molar refractivity (Wildman–Crippen MR) is 188 cm³/mol. The van der Waals surface area contributed by atoms with Crippen LogP contribution in [0.2, 0.25) is 10.0 Å². The Morgan fingerprint density at radius 3 is 1.94 bits per heavy atom. The molecule has 244 valence electrons. The van der Waals surface area contributed by atoms with Gasteiger partial charge in [0.05, 0.1) is 19.8 Å². The smallest absolute Gasteiger partial charge is 0.870 e. The molecule has 0 saturated heterocycles. The van der Waals surface area contributed by atoms with Crippen LogP contribution in [0.25, 0.3) is 26.5 Å². The Hall–Kier alpha value is -3.80. The van der Waals surface area contributed by atoms with E-state index in [1.54, 1.807) is 47.0 Å². The molecule has 0 aliphatic heterocycles. The van der Waals surface area contributed by atoms with Crippen LogP contribution in [0.3, 0.4) is 0 Å². The molecular weight excluding hydrogens is 688 g/mol. The molecule has 0 radical (unpaired) electrons. The molecule has 0 bridgehead atoms. The van der Waals surface area contributed by atoms with E-state index in [-0.39, 0.29) is 82.4 Å². The number of nitriles is 1. The number of halogens is 2. The number of carbonyl (C=O) groups is 1. The second-order valence-electron chi connectivity index (χ2n) is 9.98. The summed E-state index contributed by atoms with van der Waals surface area (Å²) in [7, 11) is 0. The number of Topliss-reactive ketones (excluding diaryl/α,β-unsaturated/α-hetero) is 1. The fourth-order valence-corrected chi connectivity index (χ4v) is 4.70. The van der Waals surface area contributed by atoms with E-state index in [1.165, 1.54) is 0 Å². The van der Waals surface area contributed by atoms with Gasteiger partial charge in [0, 0.05) is 39.5 Å². The Labute approximate surface area is 338 Å². The Bertz CT molecular complexity index is 1920. The molecule has 12 heteroatoms. The van der Waals surface area contributed by atoms with Crippen molar-refractivity contribution in [3.05, 3.63) is 158 Å². The number of hydrogen-bond acceptors (Lipinski definition) is 6. The second-order valence-corrected chi connectivity index (χ2v) is 10.8. The van der Waals surface area contributed by atoms with Crippen molar-refractivity contribution in [1.82, 2.24) is 4.57 Å². The van der Waals surface area contributed by atoms with Gasteiger partial charge in [-0.1, -0.05) is 71.7 Å². The van der Waals surface area contributed by atoms with Gasteiger partial charge in [-0.15, -0.1) is 0 Å². The summed E-state index contributed by atoms with van der Waals surface area (Å²) in [6.45, 7) is 13.4. The van der Waals surface area contributed by atoms with Gasteiger partial charge in [0.15, 0.2) is 5.78 Å². The van der Waals surface area contributed by atoms with E-state index in [0.29, 0.717) is 40.0 Å². The summed E-state index contributed by atoms with van der Waals surface area (Å²) in [4.78, 5) is 18.3. The quantitative estimate of drug-likeness (QED) is 0.0854. The van der Waals surface area contributed by atoms with Crippen LogP contribution in [0.15, 0.2) is 103 Å². The molecule has 0 atom stereocenters. The zero-order chi connectivity index (χ0) is 34.2. The molecule has 0 unspecified atom stereocenters. The van der Waals surface area contributed by atoms with E-state index in [2.05, 4.69) is 9.69 Å². The third-order valence-electron chi connectivity index (χ3n) is 6.78. The Morgan fingerprint density at radius 1 is 0.857 bits per heavy atom. The van der Waals surface area contributed by atoms with Crippen LogP contribution >= 0.6 is 23.2 Å². The Morgan fingerprint density at radius 2 is 1.41 bits per heavy atom. The summed E-state index contributed by atoms with van der Waals surface area (Å²) < 4.78 is 1.76. The minimum atomic E-state index is -0.0469. The fourth-order valence-electron chi connectivity index (χ4n) is 4.45. The molecule has 9 nitrogen and oxygen atoms in total. The minimum absolute atomic E-state index is 0. The van der Waals surface area contributed by atoms with Crippen molar-refractivity contribution in [2.45, 2.75) is 26.1 Å². The van der Waals surface area contributed by atoms with E-state index in [4.69, 9.17) is 52.4 Å². The Balaban J connectivity index is 0.000000421. The number of rotatable bonds is 8. The average molecular weight is 721 g/mol. The van der Waals surface area contributed by atoms with E-state index < -0.39 is 0 Å². The van der Waals surface area contributed by atoms with Gasteiger partial charge in [-0.25, -0.2) is 11.4 Å². The number of aliphatic hydroxyl groups is 2. The van der Waals surface area contributed by atoms with Crippen LogP contribution in [0, 0.1) is 24.5 Å². The first kappa shape index (κ1) is 43.2. The fraction of sp³-hybridized carbons (Fsp3) is 0.135. The van der Waals surface area contributed by atoms with Gasteiger partial charge in [0.1, 0.15) is 11.9 Å². The van der Waals surface area contributed by atoms with Crippen molar-refractivity contribution in [2.75, 3.05) is 12.3 Å². The van der Waals surface area contributed by atoms with E-state index >= 15 is 0 Å². The number of anilines is 1. The van der Waals surface area contributed by atoms with Crippen LogP contribution < -0.4 is 57.1 Å². The van der Waals surface area contributed by atoms with Crippen molar-refractivity contribution < 1.29 is 71.9 Å². The summed E-state index contributed by atoms with van der Waals surface area (Å²) in [5.41, 5.74) is 12.4. The number of aromatic nitrogens is 1. The normalized spacial score (nSPS) is 9.41. The van der Waals surface area contributed by atoms with Crippen LogP contribution in [-0.2, 0) is 19.6 Å². The SMILES string of the molecule is O=C(CCc1cccc(CO)c1)c1ccc(Cl)cc1.[C-]#[N+]CC#N.[C-]#[N+]c1c(-c2ccc(Cl)cc2)cn(-c2cccc(CO)c2)c1N.[K+].[OH-]. The summed E-state index contributed by atoms with van der Waals surface area (Å²) >= 11 is 11.7. The maximum absolute atomic E-state index is 12.0. The zero-order valence-corrected chi connectivity index (χ0v) is 31.4. The third-order valence-corrected chi connectivity index (χ3v) is 7.29. The van der Waals surface area contributed by atoms with Crippen LogP contribution in [0.5, 0.6) is 0 Å². The predicted octanol–water partition coefficient (Wildman–Crippen LogP) is 5.33. The number of ketones is 1. The molecular formula is C37H32Cl2KN5O4. The molecule has 1 heterocycles. The molecule has 0 saturated carbocycles. The first-order chi connectivity index (χ1) is 22.7. The van der Waals surface area contributed by atoms with Gasteiger partial charge in [0.2, 0.25) is 5.69 Å². The first-order valence-corrected chi connectivity index (χ1v) is 15.0. The summed E-state index contributed by atoms with van der Waals surface area (Å²) in [6, 6.07) is 30.9. The largest absolute Gasteiger partial charge is 1.00 e. The van der Waals surface area contributed by atoms with Crippen LogP contribution in [-0.4, -0.2) is 32.6 Å². The number of aryl methyl sites for hydroxylation is 1. The van der Waals surface area contributed by atoms with Crippen molar-refractivity contribution in [3.63, 3.8) is 0 Å². The number of carbonyl (C=O) groups excluding carboxylic acids is 1. The van der Waals surface area contributed by atoms with Gasteiger partial charge < -0.3 is 30.8 Å². The topological polar surface area (TPSA) is 151 Å². The molecule has 0 aliphatic rings. The maximum atomic E-state index is 12.0. The monoisotopic (exact) mass is 719 g/mol. The van der Waals surface area contributed by atoms with Crippen LogP contribution in [0.4, 0.5) is 11.5 Å². The zero-order valence-electron chi connectivity index (χ0n) is 26.7. The molecule has 0 spiro atoms. The molecule has 0 aliphatic carbocycles. The van der Waals surface area contributed by atoms with Gasteiger partial charge in [-0.3, -0.25) is 4.79 Å². The molecule has 5 N–H and O–H groups in total. The van der Waals surface area contributed by atoms with E-state index in [1.807, 2.05) is 66.9 Å². The number of hydrogen-bond donors (Lipinski definition) is 3. The molecule has 5 rings (SSSR count). The second kappa shape index (κ2) is 22.8. The number of nitrogens with zero attached hydrogens (tertiary/aromatic N) is 4. The van der Waals surface area contributed by atoms with E-state index in [9.17, 15) is 9.90 Å². The average Bonchev–Trinajstić information content (AvgIpc) is 3.44. The summed E-state index contributed by atoms with van der Waals surface area (Å²) in [6.07, 6.45) is 2.97. The number of aliphatic hydroxyl groups excluding tert-OH is 2. The number of benzene rings is 4. The van der Waals surface area contributed by atoms with Gasteiger partial charge in [-0.05, 0) is 77.2 Å². The van der Waals surface area contributed by atoms with E-state index in [0.717, 1.165) is 33.5 Å². The van der Waals surface area contributed by atoms with Gasteiger partial charge in [0.25, 0.3) is 6.54 Å². The Kier molecular flexibility index (Phi) is 20.1. The molecule has 5 aromatic rings. The molecule has 49 heavy (non-hydrogen) atoms. The standard InChI is InChI=1S/C18H14ClN3O.C16H15ClO2.C3H2N2.K.H2O/c1-21-17-16(13-5-7-14(19)8-6-13)10-22(18(17)20)15-4-2-3-12(9-15)11-23;17-15-7-5-14(6-8-15)16(19)9-4-12-2-1-3-13(10-12)11-18;1-5-3-2-4;;/h2-10,23H,11,20H2;1-3,5-8,10,18H,4,9,11H2;3H2;;1H2/q;;;+1;/p-1. The molecule has 4 aromatic carbocycles. The third kappa shape index (κ3) is 13.2. The van der Waals surface area contributed by atoms with Crippen molar-refractivity contribution in [3.8, 4) is 22.9 Å². The first-order valence-electron chi connectivity index (χ1n) is 14.3. The summed E-state index contributed by atoms with van der Waals surface area (Å²) in [5, 5.41) is 27.2. The van der Waals surface area contributed by atoms with Crippen LogP contribution in [0.1, 0.15) is 33.5 Å². The minimum Gasteiger partial charge on any atom is -0.870 e. The van der Waals surface area contributed by atoms with Gasteiger partial charge in [-0.2, -0.15) is 5.26 Å². The molecule has 0 amide bonds. The number of nitrogens with two attached hydrogens (primary N) is 1. The summed E-state index contributed by atoms with van der Waals surface area (Å²) in [5.74, 6) is 0.478. The van der Waals surface area contributed by atoms with Crippen molar-refractivity contribution in [1.29, 1.82) is 5.26 Å². The molecule has 0 fully saturated rings. The van der Waals surface area contributed by atoms with Crippen molar-refractivity contribution >= 4 is 40.5 Å².